The summed E-state index contributed by atoms with van der Waals surface area (Å²) in [6, 6.07) is 14.5. The third-order valence-electron chi connectivity index (χ3n) is 4.36. The van der Waals surface area contributed by atoms with Crippen LogP contribution in [0.4, 0.5) is 0 Å². The minimum absolute atomic E-state index is 0.0563. The van der Waals surface area contributed by atoms with Gasteiger partial charge in [-0.3, -0.25) is 0 Å². The van der Waals surface area contributed by atoms with Crippen LogP contribution in [0.15, 0.2) is 42.5 Å². The van der Waals surface area contributed by atoms with E-state index in [0.717, 1.165) is 17.7 Å². The Kier molecular flexibility index (Phi) is 3.15. The molecule has 20 heavy (non-hydrogen) atoms. The molecule has 2 heteroatoms. The van der Waals surface area contributed by atoms with Gasteiger partial charge < -0.3 is 10.4 Å². The maximum Gasteiger partial charge on any atom is 0.106 e. The van der Waals surface area contributed by atoms with Gasteiger partial charge in [-0.1, -0.05) is 48.0 Å². The maximum absolute atomic E-state index is 11.2. The molecular formula is C18H21NO. The minimum atomic E-state index is -0.914. The Bertz CT molecular complexity index is 646. The van der Waals surface area contributed by atoms with Crippen LogP contribution in [0.5, 0.6) is 0 Å². The van der Waals surface area contributed by atoms with Gasteiger partial charge in [0.25, 0.3) is 0 Å². The van der Waals surface area contributed by atoms with Gasteiger partial charge in [-0.2, -0.15) is 0 Å². The molecule has 1 aliphatic rings. The summed E-state index contributed by atoms with van der Waals surface area (Å²) in [5, 5.41) is 14.6. The fourth-order valence-corrected chi connectivity index (χ4v) is 3.24. The van der Waals surface area contributed by atoms with Crippen molar-refractivity contribution in [3.05, 3.63) is 70.3 Å². The number of benzene rings is 2. The summed E-state index contributed by atoms with van der Waals surface area (Å²) in [6.45, 7) is 6.86. The van der Waals surface area contributed by atoms with Crippen LogP contribution < -0.4 is 5.32 Å². The first-order chi connectivity index (χ1) is 9.50. The highest BCUT2D eigenvalue weighted by Gasteiger charge is 2.39. The number of hydrogen-bond donors (Lipinski definition) is 2. The molecule has 0 saturated carbocycles. The second-order valence-corrected chi connectivity index (χ2v) is 5.98. The smallest absolute Gasteiger partial charge is 0.106 e. The van der Waals surface area contributed by atoms with E-state index in [1.807, 2.05) is 13.0 Å². The number of nitrogens with one attached hydrogen (secondary N) is 1. The Morgan fingerprint density at radius 2 is 1.90 bits per heavy atom. The van der Waals surface area contributed by atoms with Crippen LogP contribution in [0.3, 0.4) is 0 Å². The average molecular weight is 267 g/mol. The second kappa shape index (κ2) is 4.72. The third-order valence-corrected chi connectivity index (χ3v) is 4.36. The Morgan fingerprint density at radius 3 is 2.70 bits per heavy atom. The molecule has 104 valence electrons. The Labute approximate surface area is 120 Å². The molecule has 3 rings (SSSR count). The standard InChI is InChI=1S/C18H21NO/c1-12-8-9-13(2)16(10-12)18(3,20)17-15-7-5-4-6-14(15)11-19-17/h4-10,17,19-20H,11H2,1-3H3. The average Bonchev–Trinajstić information content (AvgIpc) is 2.86. The van der Waals surface area contributed by atoms with Gasteiger partial charge in [0.1, 0.15) is 5.60 Å². The summed E-state index contributed by atoms with van der Waals surface area (Å²) in [7, 11) is 0. The highest BCUT2D eigenvalue weighted by atomic mass is 16.3. The predicted octanol–water partition coefficient (Wildman–Crippen LogP) is 3.36. The van der Waals surface area contributed by atoms with E-state index in [1.165, 1.54) is 16.7 Å². The van der Waals surface area contributed by atoms with Crippen molar-refractivity contribution in [1.82, 2.24) is 5.32 Å². The Morgan fingerprint density at radius 1 is 1.15 bits per heavy atom. The first-order valence-corrected chi connectivity index (χ1v) is 7.11. The van der Waals surface area contributed by atoms with Crippen LogP contribution >= 0.6 is 0 Å². The van der Waals surface area contributed by atoms with Gasteiger partial charge in [-0.25, -0.2) is 0 Å². The fourth-order valence-electron chi connectivity index (χ4n) is 3.24. The molecule has 1 heterocycles. The van der Waals surface area contributed by atoms with Gasteiger partial charge in [-0.05, 0) is 43.0 Å². The zero-order valence-electron chi connectivity index (χ0n) is 12.3. The van der Waals surface area contributed by atoms with E-state index >= 15 is 0 Å². The van der Waals surface area contributed by atoms with Crippen LogP contribution in [0, 0.1) is 13.8 Å². The molecule has 2 N–H and O–H groups in total. The molecule has 0 aliphatic carbocycles. The molecule has 0 saturated heterocycles. The van der Waals surface area contributed by atoms with Gasteiger partial charge in [-0.15, -0.1) is 0 Å². The monoisotopic (exact) mass is 267 g/mol. The summed E-state index contributed by atoms with van der Waals surface area (Å²) in [4.78, 5) is 0. The molecule has 2 aromatic carbocycles. The van der Waals surface area contributed by atoms with Gasteiger partial charge in [0, 0.05) is 6.54 Å². The van der Waals surface area contributed by atoms with Gasteiger partial charge in [0.15, 0.2) is 0 Å². The summed E-state index contributed by atoms with van der Waals surface area (Å²) in [6.07, 6.45) is 0. The number of aliphatic hydroxyl groups is 1. The lowest BCUT2D eigenvalue weighted by Gasteiger charge is -2.33. The van der Waals surface area contributed by atoms with Crippen molar-refractivity contribution in [2.24, 2.45) is 0 Å². The van der Waals surface area contributed by atoms with Crippen molar-refractivity contribution in [2.45, 2.75) is 39.0 Å². The van der Waals surface area contributed by atoms with Crippen LogP contribution in [0.2, 0.25) is 0 Å². The van der Waals surface area contributed by atoms with Crippen molar-refractivity contribution in [3.63, 3.8) is 0 Å². The number of aryl methyl sites for hydroxylation is 2. The van der Waals surface area contributed by atoms with Crippen LogP contribution in [-0.4, -0.2) is 5.11 Å². The molecule has 2 unspecified atom stereocenters. The summed E-state index contributed by atoms with van der Waals surface area (Å²) in [5.41, 5.74) is 4.89. The molecule has 2 aromatic rings. The predicted molar refractivity (Wildman–Crippen MR) is 81.5 cm³/mol. The van der Waals surface area contributed by atoms with Crippen molar-refractivity contribution in [1.29, 1.82) is 0 Å². The lowest BCUT2D eigenvalue weighted by molar-refractivity contribution is 0.0171. The highest BCUT2D eigenvalue weighted by molar-refractivity contribution is 5.42. The summed E-state index contributed by atoms with van der Waals surface area (Å²) in [5.74, 6) is 0. The molecule has 0 amide bonds. The van der Waals surface area contributed by atoms with Crippen LogP contribution in [0.1, 0.15) is 40.8 Å². The fraction of sp³-hybridized carbons (Fsp3) is 0.333. The second-order valence-electron chi connectivity index (χ2n) is 5.98. The molecule has 1 aliphatic heterocycles. The maximum atomic E-state index is 11.2. The van der Waals surface area contributed by atoms with E-state index in [9.17, 15) is 5.11 Å². The van der Waals surface area contributed by atoms with E-state index < -0.39 is 5.60 Å². The molecule has 0 spiro atoms. The molecule has 0 bridgehead atoms. The van der Waals surface area contributed by atoms with Crippen molar-refractivity contribution in [3.8, 4) is 0 Å². The zero-order chi connectivity index (χ0) is 14.3. The topological polar surface area (TPSA) is 32.3 Å². The zero-order valence-corrected chi connectivity index (χ0v) is 12.3. The number of fused-ring (bicyclic) bond motifs is 1. The molecular weight excluding hydrogens is 246 g/mol. The number of hydrogen-bond acceptors (Lipinski definition) is 2. The van der Waals surface area contributed by atoms with E-state index in [-0.39, 0.29) is 6.04 Å². The molecule has 0 aromatic heterocycles. The van der Waals surface area contributed by atoms with Crippen LogP contribution in [0.25, 0.3) is 0 Å². The minimum Gasteiger partial charge on any atom is -0.383 e. The molecule has 0 fully saturated rings. The summed E-state index contributed by atoms with van der Waals surface area (Å²) < 4.78 is 0. The normalized spacial score (nSPS) is 20.5. The Hall–Kier alpha value is -1.64. The van der Waals surface area contributed by atoms with Crippen LogP contribution in [-0.2, 0) is 12.1 Å². The number of rotatable bonds is 2. The van der Waals surface area contributed by atoms with E-state index in [0.29, 0.717) is 0 Å². The molecule has 0 radical (unpaired) electrons. The lowest BCUT2D eigenvalue weighted by Crippen LogP contribution is -2.36. The largest absolute Gasteiger partial charge is 0.383 e. The van der Waals surface area contributed by atoms with Gasteiger partial charge >= 0.3 is 0 Å². The van der Waals surface area contributed by atoms with Gasteiger partial charge in [0.2, 0.25) is 0 Å². The van der Waals surface area contributed by atoms with Crippen molar-refractivity contribution >= 4 is 0 Å². The molecule has 2 atom stereocenters. The summed E-state index contributed by atoms with van der Waals surface area (Å²) >= 11 is 0. The van der Waals surface area contributed by atoms with Crippen molar-refractivity contribution in [2.75, 3.05) is 0 Å². The van der Waals surface area contributed by atoms with E-state index in [1.54, 1.807) is 0 Å². The Balaban J connectivity index is 2.07. The highest BCUT2D eigenvalue weighted by Crippen LogP contribution is 2.40. The van der Waals surface area contributed by atoms with Crippen molar-refractivity contribution < 1.29 is 5.11 Å². The first kappa shape index (κ1) is 13.3. The van der Waals surface area contributed by atoms with E-state index in [2.05, 4.69) is 55.6 Å². The lowest BCUT2D eigenvalue weighted by atomic mass is 9.82. The van der Waals surface area contributed by atoms with E-state index in [4.69, 9.17) is 0 Å². The SMILES string of the molecule is Cc1ccc(C)c(C(C)(O)C2NCc3ccccc32)c1. The molecule has 2 nitrogen and oxygen atoms in total. The van der Waals surface area contributed by atoms with Gasteiger partial charge in [0.05, 0.1) is 6.04 Å². The third kappa shape index (κ3) is 2.05. The first-order valence-electron chi connectivity index (χ1n) is 7.11. The quantitative estimate of drug-likeness (QED) is 0.874.